The minimum Gasteiger partial charge on any atom is -0.303 e. The lowest BCUT2D eigenvalue weighted by molar-refractivity contribution is 0.232. The first kappa shape index (κ1) is 11.0. The molecule has 2 rings (SSSR count). The van der Waals surface area contributed by atoms with E-state index < -0.39 is 0 Å². The molecule has 16 heavy (non-hydrogen) atoms. The molecule has 1 unspecified atom stereocenters. The van der Waals surface area contributed by atoms with Crippen molar-refractivity contribution < 1.29 is 4.79 Å². The molecule has 2 amide bonds. The third-order valence-corrected chi connectivity index (χ3v) is 3.41. The summed E-state index contributed by atoms with van der Waals surface area (Å²) in [5, 5.41) is 5.75. The second kappa shape index (κ2) is 3.79. The predicted molar refractivity (Wildman–Crippen MR) is 66.3 cm³/mol. The summed E-state index contributed by atoms with van der Waals surface area (Å²) in [5.41, 5.74) is 2.05. The summed E-state index contributed by atoms with van der Waals surface area (Å²) >= 11 is 0. The summed E-state index contributed by atoms with van der Waals surface area (Å²) in [7, 11) is 2.14. The van der Waals surface area contributed by atoms with Crippen LogP contribution in [0.5, 0.6) is 0 Å². The fraction of sp³-hybridized carbons (Fsp3) is 0.417. The molecular weight excluding hydrogens is 202 g/mol. The van der Waals surface area contributed by atoms with Crippen LogP contribution in [-0.4, -0.2) is 25.8 Å². The van der Waals surface area contributed by atoms with Gasteiger partial charge in [0.15, 0.2) is 12.4 Å². The van der Waals surface area contributed by atoms with Gasteiger partial charge in [0.1, 0.15) is 5.69 Å². The number of nitrogens with one attached hydrogen (secondary N) is 2. The van der Waals surface area contributed by atoms with Crippen molar-refractivity contribution in [2.75, 3.05) is 19.0 Å². The Hall–Kier alpha value is -1.55. The molecule has 2 N–H and O–H groups in total. The van der Waals surface area contributed by atoms with Gasteiger partial charge < -0.3 is 5.32 Å². The highest BCUT2D eigenvalue weighted by Gasteiger charge is 2.34. The Kier molecular flexibility index (Phi) is 2.59. The molecule has 4 heteroatoms. The standard InChI is InChI=1S/C12H17N3O/c1-9(2)15(3)8-13-12(16)14-10-6-4-5-7-11(10)15/h4-7,9H,8H2,1-3H3,(H-,13,14,16)/p+1. The topological polar surface area (TPSA) is 41.1 Å². The van der Waals surface area contributed by atoms with Crippen molar-refractivity contribution in [3.63, 3.8) is 0 Å². The normalized spacial score (nSPS) is 24.4. The second-order valence-electron chi connectivity index (χ2n) is 4.67. The molecule has 4 nitrogen and oxygen atoms in total. The van der Waals surface area contributed by atoms with E-state index in [-0.39, 0.29) is 6.03 Å². The van der Waals surface area contributed by atoms with Crippen LogP contribution in [-0.2, 0) is 0 Å². The van der Waals surface area contributed by atoms with Gasteiger partial charge in [-0.2, -0.15) is 0 Å². The number of amides is 2. The van der Waals surface area contributed by atoms with Crippen LogP contribution in [0.4, 0.5) is 16.2 Å². The zero-order valence-electron chi connectivity index (χ0n) is 9.95. The lowest BCUT2D eigenvalue weighted by Crippen LogP contribution is -2.55. The predicted octanol–water partition coefficient (Wildman–Crippen LogP) is 2.12. The lowest BCUT2D eigenvalue weighted by Gasteiger charge is -2.36. The van der Waals surface area contributed by atoms with Crippen molar-refractivity contribution in [3.05, 3.63) is 24.3 Å². The van der Waals surface area contributed by atoms with E-state index in [9.17, 15) is 4.79 Å². The third-order valence-electron chi connectivity index (χ3n) is 3.41. The molecule has 0 saturated carbocycles. The number of hydrogen-bond donors (Lipinski definition) is 2. The van der Waals surface area contributed by atoms with Gasteiger partial charge in [0.2, 0.25) is 0 Å². The molecule has 1 aromatic rings. The number of quaternary nitrogens is 1. The fourth-order valence-electron chi connectivity index (χ4n) is 1.97. The molecule has 0 fully saturated rings. The number of nitrogens with zero attached hydrogens (tertiary/aromatic N) is 1. The Morgan fingerprint density at radius 1 is 1.31 bits per heavy atom. The molecule has 1 heterocycles. The highest BCUT2D eigenvalue weighted by Crippen LogP contribution is 2.33. The molecule has 0 aromatic heterocycles. The van der Waals surface area contributed by atoms with Gasteiger partial charge >= 0.3 is 6.03 Å². The quantitative estimate of drug-likeness (QED) is 0.699. The van der Waals surface area contributed by atoms with E-state index in [1.54, 1.807) is 0 Å². The number of para-hydroxylation sites is 2. The Morgan fingerprint density at radius 2 is 2.00 bits per heavy atom. The number of anilines is 1. The average molecular weight is 220 g/mol. The number of hydrogen-bond acceptors (Lipinski definition) is 1. The van der Waals surface area contributed by atoms with Crippen LogP contribution in [0.15, 0.2) is 24.3 Å². The van der Waals surface area contributed by atoms with Gasteiger partial charge in [-0.15, -0.1) is 0 Å². The summed E-state index contributed by atoms with van der Waals surface area (Å²) in [4.78, 5) is 11.5. The van der Waals surface area contributed by atoms with E-state index >= 15 is 0 Å². The highest BCUT2D eigenvalue weighted by atomic mass is 16.2. The fourth-order valence-corrected chi connectivity index (χ4v) is 1.97. The van der Waals surface area contributed by atoms with Gasteiger partial charge in [-0.1, -0.05) is 12.1 Å². The molecule has 0 saturated heterocycles. The van der Waals surface area contributed by atoms with Crippen LogP contribution in [0.25, 0.3) is 0 Å². The third kappa shape index (κ3) is 1.65. The summed E-state index contributed by atoms with van der Waals surface area (Å²) in [6, 6.07) is 8.24. The van der Waals surface area contributed by atoms with E-state index in [4.69, 9.17) is 0 Å². The smallest absolute Gasteiger partial charge is 0.303 e. The van der Waals surface area contributed by atoms with Gasteiger partial charge in [-0.3, -0.25) is 9.80 Å². The first-order chi connectivity index (χ1) is 7.54. The molecular formula is C12H18N3O+. The maximum Gasteiger partial charge on any atom is 0.323 e. The summed E-state index contributed by atoms with van der Waals surface area (Å²) < 4.78 is 0.703. The van der Waals surface area contributed by atoms with Crippen LogP contribution in [0.3, 0.4) is 0 Å². The van der Waals surface area contributed by atoms with Gasteiger partial charge in [-0.05, 0) is 19.9 Å². The van der Waals surface area contributed by atoms with Crippen molar-refractivity contribution in [2.45, 2.75) is 19.9 Å². The lowest BCUT2D eigenvalue weighted by atomic mass is 10.1. The molecule has 1 aromatic carbocycles. The van der Waals surface area contributed by atoms with Crippen molar-refractivity contribution in [1.29, 1.82) is 0 Å². The molecule has 1 aliphatic rings. The number of carbonyl (C=O) groups is 1. The van der Waals surface area contributed by atoms with Crippen molar-refractivity contribution in [2.24, 2.45) is 0 Å². The van der Waals surface area contributed by atoms with E-state index in [1.807, 2.05) is 18.2 Å². The van der Waals surface area contributed by atoms with Gasteiger partial charge in [-0.25, -0.2) is 4.79 Å². The van der Waals surface area contributed by atoms with E-state index in [0.717, 1.165) is 11.4 Å². The molecule has 86 valence electrons. The summed E-state index contributed by atoms with van der Waals surface area (Å²) in [5.74, 6) is 0. The Bertz CT molecular complexity index is 416. The first-order valence-corrected chi connectivity index (χ1v) is 5.53. The summed E-state index contributed by atoms with van der Waals surface area (Å²) in [6.45, 7) is 4.93. The highest BCUT2D eigenvalue weighted by molar-refractivity contribution is 5.94. The van der Waals surface area contributed by atoms with Crippen molar-refractivity contribution >= 4 is 17.4 Å². The number of carbonyl (C=O) groups excluding carboxylic acids is 1. The maximum absolute atomic E-state index is 11.5. The Labute approximate surface area is 95.8 Å². The summed E-state index contributed by atoms with van der Waals surface area (Å²) in [6.07, 6.45) is 0. The number of rotatable bonds is 1. The zero-order valence-corrected chi connectivity index (χ0v) is 9.95. The molecule has 1 atom stereocenters. The van der Waals surface area contributed by atoms with Crippen molar-refractivity contribution in [1.82, 2.24) is 9.80 Å². The Balaban J connectivity index is 2.54. The minimum atomic E-state index is -0.130. The molecule has 0 bridgehead atoms. The molecule has 0 spiro atoms. The van der Waals surface area contributed by atoms with Crippen LogP contribution >= 0.6 is 0 Å². The van der Waals surface area contributed by atoms with Crippen LogP contribution in [0.1, 0.15) is 13.8 Å². The van der Waals surface area contributed by atoms with Gasteiger partial charge in [0.05, 0.1) is 13.1 Å². The largest absolute Gasteiger partial charge is 0.323 e. The Morgan fingerprint density at radius 3 is 2.69 bits per heavy atom. The number of fused-ring (bicyclic) bond motifs is 1. The van der Waals surface area contributed by atoms with E-state index in [2.05, 4.69) is 37.6 Å². The van der Waals surface area contributed by atoms with Crippen LogP contribution in [0.2, 0.25) is 0 Å². The molecule has 0 aliphatic carbocycles. The van der Waals surface area contributed by atoms with Crippen molar-refractivity contribution in [3.8, 4) is 0 Å². The van der Waals surface area contributed by atoms with Crippen LogP contribution in [0, 0.1) is 0 Å². The molecule has 0 radical (unpaired) electrons. The second-order valence-corrected chi connectivity index (χ2v) is 4.67. The van der Waals surface area contributed by atoms with Crippen LogP contribution < -0.4 is 15.1 Å². The molecule has 1 aliphatic heterocycles. The van der Waals surface area contributed by atoms with Gasteiger partial charge in [0, 0.05) is 6.07 Å². The zero-order chi connectivity index (χ0) is 11.8. The minimum absolute atomic E-state index is 0.130. The SMILES string of the molecule is CC(C)[N+]1(C)CNC(=O)Nc2ccccc21. The van der Waals surface area contributed by atoms with E-state index in [0.29, 0.717) is 17.2 Å². The first-order valence-electron chi connectivity index (χ1n) is 5.53. The average Bonchev–Trinajstić information content (AvgIpc) is 2.38. The maximum atomic E-state index is 11.5. The van der Waals surface area contributed by atoms with E-state index in [1.165, 1.54) is 0 Å². The van der Waals surface area contributed by atoms with Gasteiger partial charge in [0.25, 0.3) is 0 Å². The number of benzene rings is 1. The monoisotopic (exact) mass is 220 g/mol. The number of urea groups is 1.